The summed E-state index contributed by atoms with van der Waals surface area (Å²) in [6.45, 7) is 7.33. The van der Waals surface area contributed by atoms with Crippen LogP contribution in [0.1, 0.15) is 26.0 Å². The monoisotopic (exact) mass is 219 g/mol. The normalized spacial score (nSPS) is 11.2. The first-order valence-corrected chi connectivity index (χ1v) is 5.58. The summed E-state index contributed by atoms with van der Waals surface area (Å²) in [5.41, 5.74) is 0.951. The molecule has 1 N–H and O–H groups in total. The maximum absolute atomic E-state index is 4.29. The van der Waals surface area contributed by atoms with Gasteiger partial charge in [0.05, 0.1) is 0 Å². The summed E-state index contributed by atoms with van der Waals surface area (Å²) in [4.78, 5) is 8.37. The van der Waals surface area contributed by atoms with E-state index in [9.17, 15) is 0 Å². The highest BCUT2D eigenvalue weighted by Crippen LogP contribution is 2.10. The van der Waals surface area contributed by atoms with Crippen LogP contribution in [0.25, 0.3) is 5.78 Å². The predicted octanol–water partition coefficient (Wildman–Crippen LogP) is 1.89. The molecule has 0 saturated heterocycles. The third kappa shape index (κ3) is 2.29. The van der Waals surface area contributed by atoms with Gasteiger partial charge < -0.3 is 5.32 Å². The summed E-state index contributed by atoms with van der Waals surface area (Å²) >= 11 is 0. The minimum atomic E-state index is 0.645. The Balaban J connectivity index is 2.19. The van der Waals surface area contributed by atoms with Crippen molar-refractivity contribution in [2.75, 3.05) is 11.9 Å². The quantitative estimate of drug-likeness (QED) is 0.853. The van der Waals surface area contributed by atoms with E-state index in [0.29, 0.717) is 11.7 Å². The Kier molecular flexibility index (Phi) is 3.03. The number of rotatable bonds is 4. The lowest BCUT2D eigenvalue weighted by molar-refractivity contribution is 0.606. The van der Waals surface area contributed by atoms with E-state index in [4.69, 9.17) is 0 Å². The van der Waals surface area contributed by atoms with Gasteiger partial charge in [0.25, 0.3) is 5.78 Å². The van der Waals surface area contributed by atoms with Gasteiger partial charge in [-0.2, -0.15) is 14.6 Å². The van der Waals surface area contributed by atoms with E-state index in [-0.39, 0.29) is 0 Å². The second kappa shape index (κ2) is 4.47. The van der Waals surface area contributed by atoms with Crippen LogP contribution in [0.5, 0.6) is 0 Å². The fourth-order valence-corrected chi connectivity index (χ4v) is 1.55. The maximum atomic E-state index is 4.29. The molecule has 16 heavy (non-hydrogen) atoms. The Bertz CT molecular complexity index is 474. The molecule has 0 aliphatic carbocycles. The molecule has 5 heteroatoms. The number of fused-ring (bicyclic) bond motifs is 1. The fraction of sp³-hybridized carbons (Fsp3) is 0.545. The molecular weight excluding hydrogens is 202 g/mol. The van der Waals surface area contributed by atoms with Crippen molar-refractivity contribution >= 4 is 11.6 Å². The molecule has 5 nitrogen and oxygen atoms in total. The summed E-state index contributed by atoms with van der Waals surface area (Å²) in [5, 5.41) is 7.50. The minimum absolute atomic E-state index is 0.645. The zero-order valence-electron chi connectivity index (χ0n) is 9.94. The van der Waals surface area contributed by atoms with Crippen molar-refractivity contribution in [1.82, 2.24) is 19.6 Å². The van der Waals surface area contributed by atoms with Crippen LogP contribution in [-0.4, -0.2) is 26.1 Å². The van der Waals surface area contributed by atoms with Crippen LogP contribution < -0.4 is 5.32 Å². The molecular formula is C11H17N5. The number of hydrogen-bond acceptors (Lipinski definition) is 4. The number of nitrogens with zero attached hydrogens (tertiary/aromatic N) is 4. The van der Waals surface area contributed by atoms with Crippen LogP contribution in [0.2, 0.25) is 0 Å². The van der Waals surface area contributed by atoms with Crippen molar-refractivity contribution < 1.29 is 0 Å². The molecule has 2 heterocycles. The highest BCUT2D eigenvalue weighted by molar-refractivity contribution is 5.44. The maximum Gasteiger partial charge on any atom is 0.254 e. The van der Waals surface area contributed by atoms with Crippen LogP contribution in [-0.2, 0) is 0 Å². The van der Waals surface area contributed by atoms with Crippen molar-refractivity contribution in [2.24, 2.45) is 5.92 Å². The van der Waals surface area contributed by atoms with E-state index in [1.165, 1.54) is 6.33 Å². The summed E-state index contributed by atoms with van der Waals surface area (Å²) in [6, 6.07) is 1.99. The van der Waals surface area contributed by atoms with Gasteiger partial charge in [0.1, 0.15) is 12.1 Å². The van der Waals surface area contributed by atoms with Gasteiger partial charge in [0, 0.05) is 18.3 Å². The van der Waals surface area contributed by atoms with Gasteiger partial charge in [-0.3, -0.25) is 0 Å². The summed E-state index contributed by atoms with van der Waals surface area (Å²) in [5.74, 6) is 2.30. The van der Waals surface area contributed by atoms with Crippen LogP contribution >= 0.6 is 0 Å². The Morgan fingerprint density at radius 3 is 3.00 bits per heavy atom. The molecule has 86 valence electrons. The van der Waals surface area contributed by atoms with Crippen LogP contribution in [0, 0.1) is 12.8 Å². The third-order valence-corrected chi connectivity index (χ3v) is 2.41. The molecule has 2 rings (SSSR count). The van der Waals surface area contributed by atoms with E-state index in [1.807, 2.05) is 13.0 Å². The molecule has 0 unspecified atom stereocenters. The average Bonchev–Trinajstić information content (AvgIpc) is 2.64. The van der Waals surface area contributed by atoms with Gasteiger partial charge in [-0.1, -0.05) is 13.8 Å². The molecule has 0 atom stereocenters. The van der Waals surface area contributed by atoms with Gasteiger partial charge in [-0.15, -0.1) is 0 Å². The van der Waals surface area contributed by atoms with Crippen LogP contribution in [0.3, 0.4) is 0 Å². The van der Waals surface area contributed by atoms with E-state index < -0.39 is 0 Å². The zero-order valence-corrected chi connectivity index (χ0v) is 9.94. The molecule has 0 fully saturated rings. The van der Waals surface area contributed by atoms with Crippen LogP contribution in [0.15, 0.2) is 12.4 Å². The van der Waals surface area contributed by atoms with Gasteiger partial charge in [0.2, 0.25) is 0 Å². The number of nitrogens with one attached hydrogen (secondary N) is 1. The van der Waals surface area contributed by atoms with Gasteiger partial charge in [-0.05, 0) is 19.3 Å². The van der Waals surface area contributed by atoms with Crippen molar-refractivity contribution in [3.8, 4) is 0 Å². The molecule has 0 amide bonds. The Morgan fingerprint density at radius 2 is 2.25 bits per heavy atom. The standard InChI is InChI=1S/C11H17N5/c1-8(2)4-5-12-10-6-9(3)15-11-13-7-14-16(10)11/h6-8,12H,4-5H2,1-3H3. The van der Waals surface area contributed by atoms with Gasteiger partial charge in [0.15, 0.2) is 0 Å². The molecule has 0 saturated carbocycles. The first-order valence-electron chi connectivity index (χ1n) is 5.58. The fourth-order valence-electron chi connectivity index (χ4n) is 1.55. The second-order valence-electron chi connectivity index (χ2n) is 4.36. The summed E-state index contributed by atoms with van der Waals surface area (Å²) < 4.78 is 1.73. The Morgan fingerprint density at radius 1 is 1.44 bits per heavy atom. The first kappa shape index (κ1) is 10.9. The second-order valence-corrected chi connectivity index (χ2v) is 4.36. The molecule has 0 aliphatic rings. The topological polar surface area (TPSA) is 55.1 Å². The SMILES string of the molecule is Cc1cc(NCCC(C)C)n2ncnc2n1. The Hall–Kier alpha value is -1.65. The summed E-state index contributed by atoms with van der Waals surface area (Å²) in [6.07, 6.45) is 2.66. The molecule has 0 aromatic carbocycles. The van der Waals surface area contributed by atoms with Crippen molar-refractivity contribution in [3.05, 3.63) is 18.1 Å². The molecule has 0 radical (unpaired) electrons. The number of anilines is 1. The number of hydrogen-bond donors (Lipinski definition) is 1. The average molecular weight is 219 g/mol. The van der Waals surface area contributed by atoms with Gasteiger partial charge >= 0.3 is 0 Å². The van der Waals surface area contributed by atoms with Gasteiger partial charge in [-0.25, -0.2) is 4.98 Å². The lowest BCUT2D eigenvalue weighted by atomic mass is 10.1. The Labute approximate surface area is 94.9 Å². The minimum Gasteiger partial charge on any atom is -0.370 e. The van der Waals surface area contributed by atoms with E-state index in [2.05, 4.69) is 34.2 Å². The molecule has 0 aliphatic heterocycles. The third-order valence-electron chi connectivity index (χ3n) is 2.41. The zero-order chi connectivity index (χ0) is 11.5. The smallest absolute Gasteiger partial charge is 0.254 e. The van der Waals surface area contributed by atoms with E-state index in [1.54, 1.807) is 4.52 Å². The first-order chi connectivity index (χ1) is 7.66. The number of aromatic nitrogens is 4. The molecule has 0 spiro atoms. The molecule has 2 aromatic heterocycles. The van der Waals surface area contributed by atoms with E-state index in [0.717, 1.165) is 24.5 Å². The highest BCUT2D eigenvalue weighted by Gasteiger charge is 2.04. The number of aryl methyl sites for hydroxylation is 1. The molecule has 0 bridgehead atoms. The lowest BCUT2D eigenvalue weighted by Crippen LogP contribution is -2.09. The largest absolute Gasteiger partial charge is 0.370 e. The van der Waals surface area contributed by atoms with Crippen LogP contribution in [0.4, 0.5) is 5.82 Å². The highest BCUT2D eigenvalue weighted by atomic mass is 15.3. The predicted molar refractivity (Wildman–Crippen MR) is 63.5 cm³/mol. The molecule has 2 aromatic rings. The van der Waals surface area contributed by atoms with Crippen molar-refractivity contribution in [3.63, 3.8) is 0 Å². The summed E-state index contributed by atoms with van der Waals surface area (Å²) in [7, 11) is 0. The van der Waals surface area contributed by atoms with Crippen molar-refractivity contribution in [2.45, 2.75) is 27.2 Å². The lowest BCUT2D eigenvalue weighted by Gasteiger charge is -2.09. The van der Waals surface area contributed by atoms with E-state index >= 15 is 0 Å². The van der Waals surface area contributed by atoms with Crippen molar-refractivity contribution in [1.29, 1.82) is 0 Å².